The van der Waals surface area contributed by atoms with Gasteiger partial charge in [0.15, 0.2) is 0 Å². The fourth-order valence-electron chi connectivity index (χ4n) is 1.94. The zero-order valence-electron chi connectivity index (χ0n) is 9.76. The number of rotatable bonds is 4. The zero-order chi connectivity index (χ0) is 12.3. The first kappa shape index (κ1) is 12.5. The summed E-state index contributed by atoms with van der Waals surface area (Å²) in [7, 11) is 0. The number of carboxylic acids is 1. The molecule has 1 aromatic rings. The minimum atomic E-state index is -0.800. The second-order valence-electron chi connectivity index (χ2n) is 4.08. The fraction of sp³-hybridized carbons (Fsp3) is 0.636. The summed E-state index contributed by atoms with van der Waals surface area (Å²) in [5, 5.41) is 9.09. The lowest BCUT2D eigenvalue weighted by molar-refractivity contribution is -0.149. The molecular formula is C11H16N2O3S. The average molecular weight is 256 g/mol. The van der Waals surface area contributed by atoms with Crippen molar-refractivity contribution in [3.63, 3.8) is 0 Å². The monoisotopic (exact) mass is 256 g/mol. The molecule has 0 amide bonds. The van der Waals surface area contributed by atoms with Crippen LogP contribution in [-0.4, -0.2) is 53.3 Å². The Kier molecular flexibility index (Phi) is 4.09. The molecule has 6 heteroatoms. The van der Waals surface area contributed by atoms with Crippen LogP contribution in [0.25, 0.3) is 0 Å². The van der Waals surface area contributed by atoms with E-state index in [2.05, 4.69) is 4.98 Å². The molecule has 0 aromatic carbocycles. The summed E-state index contributed by atoms with van der Waals surface area (Å²) < 4.78 is 5.20. The summed E-state index contributed by atoms with van der Waals surface area (Å²) in [6.45, 7) is 4.33. The molecule has 1 unspecified atom stereocenters. The van der Waals surface area contributed by atoms with Crippen LogP contribution in [-0.2, 0) is 16.0 Å². The van der Waals surface area contributed by atoms with Crippen LogP contribution in [0.1, 0.15) is 10.6 Å². The summed E-state index contributed by atoms with van der Waals surface area (Å²) in [5.41, 5.74) is 2.88. The highest BCUT2D eigenvalue weighted by atomic mass is 32.1. The number of aryl methyl sites for hydroxylation is 1. The molecule has 94 valence electrons. The molecule has 1 N–H and O–H groups in total. The maximum atomic E-state index is 11.1. The van der Waals surface area contributed by atoms with E-state index in [1.165, 1.54) is 4.88 Å². The molecule has 2 rings (SSSR count). The van der Waals surface area contributed by atoms with Crippen LogP contribution >= 0.6 is 11.3 Å². The molecule has 0 aliphatic carbocycles. The highest BCUT2D eigenvalue weighted by Gasteiger charge is 2.28. The predicted octanol–water partition coefficient (Wildman–Crippen LogP) is 0.779. The second-order valence-corrected chi connectivity index (χ2v) is 5.02. The van der Waals surface area contributed by atoms with Gasteiger partial charge in [0.05, 0.1) is 24.4 Å². The van der Waals surface area contributed by atoms with Crippen molar-refractivity contribution in [3.05, 3.63) is 16.1 Å². The fourth-order valence-corrected chi connectivity index (χ4v) is 2.71. The molecule has 1 aromatic heterocycles. The van der Waals surface area contributed by atoms with E-state index in [-0.39, 0.29) is 6.61 Å². The summed E-state index contributed by atoms with van der Waals surface area (Å²) in [5.74, 6) is -0.800. The van der Waals surface area contributed by atoms with Crippen LogP contribution in [0.5, 0.6) is 0 Å². The second kappa shape index (κ2) is 5.57. The van der Waals surface area contributed by atoms with Crippen molar-refractivity contribution < 1.29 is 14.6 Å². The molecule has 2 heterocycles. The van der Waals surface area contributed by atoms with Gasteiger partial charge in [-0.05, 0) is 13.3 Å². The number of morpholine rings is 1. The number of aliphatic carboxylic acids is 1. The van der Waals surface area contributed by atoms with Crippen LogP contribution in [0.2, 0.25) is 0 Å². The van der Waals surface area contributed by atoms with Crippen LogP contribution in [0, 0.1) is 6.92 Å². The lowest BCUT2D eigenvalue weighted by Gasteiger charge is -2.32. The summed E-state index contributed by atoms with van der Waals surface area (Å²) in [4.78, 5) is 18.5. The topological polar surface area (TPSA) is 62.7 Å². The maximum Gasteiger partial charge on any atom is 0.323 e. The highest BCUT2D eigenvalue weighted by molar-refractivity contribution is 7.09. The Hall–Kier alpha value is -0.980. The number of hydrogen-bond donors (Lipinski definition) is 1. The van der Waals surface area contributed by atoms with Gasteiger partial charge in [0.2, 0.25) is 0 Å². The van der Waals surface area contributed by atoms with Gasteiger partial charge >= 0.3 is 5.97 Å². The molecule has 1 fully saturated rings. The molecule has 0 spiro atoms. The first-order valence-corrected chi connectivity index (χ1v) is 6.50. The van der Waals surface area contributed by atoms with E-state index in [0.29, 0.717) is 13.2 Å². The number of aromatic nitrogens is 1. The molecule has 1 aliphatic heterocycles. The van der Waals surface area contributed by atoms with Gasteiger partial charge in [-0.2, -0.15) is 0 Å². The van der Waals surface area contributed by atoms with Gasteiger partial charge < -0.3 is 9.84 Å². The molecule has 5 nitrogen and oxygen atoms in total. The highest BCUT2D eigenvalue weighted by Crippen LogP contribution is 2.15. The van der Waals surface area contributed by atoms with Crippen LogP contribution in [0.4, 0.5) is 0 Å². The van der Waals surface area contributed by atoms with Crippen molar-refractivity contribution in [2.24, 2.45) is 0 Å². The first-order chi connectivity index (χ1) is 8.18. The third kappa shape index (κ3) is 3.02. The van der Waals surface area contributed by atoms with E-state index < -0.39 is 12.0 Å². The standard InChI is InChI=1S/C11H16N2O3S/c1-8-10(17-7-12-8)2-3-13-4-5-16-6-9(13)11(14)15/h7,9H,2-6H2,1H3,(H,14,15). The van der Waals surface area contributed by atoms with Gasteiger partial charge in [0.1, 0.15) is 6.04 Å². The predicted molar refractivity (Wildman–Crippen MR) is 64.4 cm³/mol. The van der Waals surface area contributed by atoms with Gasteiger partial charge in [0, 0.05) is 18.0 Å². The summed E-state index contributed by atoms with van der Waals surface area (Å²) >= 11 is 1.63. The van der Waals surface area contributed by atoms with Gasteiger partial charge in [-0.3, -0.25) is 9.69 Å². The van der Waals surface area contributed by atoms with Crippen molar-refractivity contribution in [2.45, 2.75) is 19.4 Å². The molecule has 0 bridgehead atoms. The molecule has 1 atom stereocenters. The molecular weight excluding hydrogens is 240 g/mol. The third-order valence-corrected chi connectivity index (χ3v) is 3.99. The molecule has 1 aliphatic rings. The minimum absolute atomic E-state index is 0.289. The van der Waals surface area contributed by atoms with E-state index in [1.54, 1.807) is 11.3 Å². The molecule has 17 heavy (non-hydrogen) atoms. The first-order valence-electron chi connectivity index (χ1n) is 5.62. The van der Waals surface area contributed by atoms with E-state index in [0.717, 1.165) is 18.7 Å². The van der Waals surface area contributed by atoms with Gasteiger partial charge in [-0.1, -0.05) is 0 Å². The largest absolute Gasteiger partial charge is 0.480 e. The molecule has 0 saturated carbocycles. The van der Waals surface area contributed by atoms with Crippen LogP contribution < -0.4 is 0 Å². The van der Waals surface area contributed by atoms with Gasteiger partial charge in [0.25, 0.3) is 0 Å². The Morgan fingerprint density at radius 3 is 3.24 bits per heavy atom. The lowest BCUT2D eigenvalue weighted by Crippen LogP contribution is -2.50. The Balaban J connectivity index is 1.92. The number of ether oxygens (including phenoxy) is 1. The Morgan fingerprint density at radius 2 is 2.59 bits per heavy atom. The van der Waals surface area contributed by atoms with Crippen LogP contribution in [0.3, 0.4) is 0 Å². The Labute approximate surface area is 104 Å². The lowest BCUT2D eigenvalue weighted by atomic mass is 10.2. The Bertz CT molecular complexity index is 394. The zero-order valence-corrected chi connectivity index (χ0v) is 10.6. The van der Waals surface area contributed by atoms with Crippen molar-refractivity contribution in [1.29, 1.82) is 0 Å². The van der Waals surface area contributed by atoms with Crippen molar-refractivity contribution in [3.8, 4) is 0 Å². The number of carbonyl (C=O) groups is 1. The summed E-state index contributed by atoms with van der Waals surface area (Å²) in [6, 6.07) is -0.503. The van der Waals surface area contributed by atoms with Crippen molar-refractivity contribution >= 4 is 17.3 Å². The molecule has 0 radical (unpaired) electrons. The smallest absolute Gasteiger partial charge is 0.323 e. The summed E-state index contributed by atoms with van der Waals surface area (Å²) in [6.07, 6.45) is 0.861. The quantitative estimate of drug-likeness (QED) is 0.862. The van der Waals surface area contributed by atoms with E-state index >= 15 is 0 Å². The number of thiazole rings is 1. The van der Waals surface area contributed by atoms with E-state index in [9.17, 15) is 4.79 Å². The SMILES string of the molecule is Cc1ncsc1CCN1CCOCC1C(=O)O. The number of nitrogens with zero attached hydrogens (tertiary/aromatic N) is 2. The van der Waals surface area contributed by atoms with Gasteiger partial charge in [-0.15, -0.1) is 11.3 Å². The maximum absolute atomic E-state index is 11.1. The van der Waals surface area contributed by atoms with Crippen molar-refractivity contribution in [1.82, 2.24) is 9.88 Å². The third-order valence-electron chi connectivity index (χ3n) is 3.00. The van der Waals surface area contributed by atoms with Crippen LogP contribution in [0.15, 0.2) is 5.51 Å². The number of hydrogen-bond acceptors (Lipinski definition) is 5. The van der Waals surface area contributed by atoms with Gasteiger partial charge in [-0.25, -0.2) is 4.98 Å². The normalized spacial score (nSPS) is 21.6. The van der Waals surface area contributed by atoms with E-state index in [1.807, 2.05) is 17.3 Å². The number of carboxylic acid groups (broad SMARTS) is 1. The average Bonchev–Trinajstić information content (AvgIpc) is 2.72. The Morgan fingerprint density at radius 1 is 1.76 bits per heavy atom. The molecule has 1 saturated heterocycles. The van der Waals surface area contributed by atoms with E-state index in [4.69, 9.17) is 9.84 Å². The van der Waals surface area contributed by atoms with Crippen molar-refractivity contribution in [2.75, 3.05) is 26.3 Å². The minimum Gasteiger partial charge on any atom is -0.480 e.